The van der Waals surface area contributed by atoms with Crippen molar-refractivity contribution in [3.8, 4) is 5.75 Å². The van der Waals surface area contributed by atoms with Crippen molar-refractivity contribution in [1.29, 1.82) is 0 Å². The molecule has 144 valence electrons. The highest BCUT2D eigenvalue weighted by Gasteiger charge is 2.32. The molecule has 1 amide bonds. The molecule has 0 saturated carbocycles. The van der Waals surface area contributed by atoms with E-state index in [1.807, 2.05) is 26.0 Å². The van der Waals surface area contributed by atoms with Gasteiger partial charge in [0.1, 0.15) is 5.75 Å². The summed E-state index contributed by atoms with van der Waals surface area (Å²) in [4.78, 5) is 14.9. The third-order valence-electron chi connectivity index (χ3n) is 5.73. The lowest BCUT2D eigenvalue weighted by molar-refractivity contribution is -0.121. The minimum Gasteiger partial charge on any atom is -0.491 e. The standard InChI is InChI=1S/C22H34N2O2/c1-17(2)26-20-11-8-18(9-12-20)10-13-22(25)23-16-19-6-5-15-24-14-4-3-7-21(19)24/h8-9,11-12,17,19,21H,3-7,10,13-16H2,1-2H3,(H,23,25)/t19-,21+/m0/s1. The van der Waals surface area contributed by atoms with Crippen LogP contribution < -0.4 is 10.1 Å². The second-order valence-corrected chi connectivity index (χ2v) is 8.12. The number of piperidine rings is 2. The van der Waals surface area contributed by atoms with Gasteiger partial charge in [-0.05, 0) is 82.7 Å². The van der Waals surface area contributed by atoms with Gasteiger partial charge in [-0.3, -0.25) is 4.79 Å². The fourth-order valence-corrected chi connectivity index (χ4v) is 4.41. The quantitative estimate of drug-likeness (QED) is 0.806. The zero-order valence-electron chi connectivity index (χ0n) is 16.4. The summed E-state index contributed by atoms with van der Waals surface area (Å²) >= 11 is 0. The van der Waals surface area contributed by atoms with Crippen LogP contribution in [0.4, 0.5) is 0 Å². The lowest BCUT2D eigenvalue weighted by atomic mass is 9.83. The number of carbonyl (C=O) groups is 1. The van der Waals surface area contributed by atoms with E-state index in [1.54, 1.807) is 0 Å². The molecule has 0 spiro atoms. The normalized spacial score (nSPS) is 23.5. The predicted molar refractivity (Wildman–Crippen MR) is 105 cm³/mol. The summed E-state index contributed by atoms with van der Waals surface area (Å²) in [6.45, 7) is 7.41. The molecule has 2 fully saturated rings. The van der Waals surface area contributed by atoms with Crippen LogP contribution in [0, 0.1) is 5.92 Å². The highest BCUT2D eigenvalue weighted by Crippen LogP contribution is 2.30. The smallest absolute Gasteiger partial charge is 0.220 e. The van der Waals surface area contributed by atoms with Gasteiger partial charge in [-0.25, -0.2) is 0 Å². The molecule has 2 heterocycles. The van der Waals surface area contributed by atoms with E-state index in [4.69, 9.17) is 4.74 Å². The summed E-state index contributed by atoms with van der Waals surface area (Å²) in [5, 5.41) is 3.20. The Bertz CT molecular complexity index is 568. The number of hydrogen-bond donors (Lipinski definition) is 1. The Labute approximate surface area is 158 Å². The van der Waals surface area contributed by atoms with E-state index in [1.165, 1.54) is 50.8 Å². The second-order valence-electron chi connectivity index (χ2n) is 8.12. The molecule has 4 nitrogen and oxygen atoms in total. The Morgan fingerprint density at radius 3 is 2.69 bits per heavy atom. The van der Waals surface area contributed by atoms with Crippen LogP contribution in [0.15, 0.2) is 24.3 Å². The summed E-state index contributed by atoms with van der Waals surface area (Å²) < 4.78 is 5.66. The van der Waals surface area contributed by atoms with E-state index >= 15 is 0 Å². The number of nitrogens with zero attached hydrogens (tertiary/aromatic N) is 1. The monoisotopic (exact) mass is 358 g/mol. The van der Waals surface area contributed by atoms with E-state index in [2.05, 4.69) is 22.3 Å². The number of ether oxygens (including phenoxy) is 1. The molecule has 1 aromatic carbocycles. The third kappa shape index (κ3) is 5.47. The maximum atomic E-state index is 12.3. The van der Waals surface area contributed by atoms with Gasteiger partial charge >= 0.3 is 0 Å². The Hall–Kier alpha value is -1.55. The Balaban J connectivity index is 1.40. The van der Waals surface area contributed by atoms with Crippen molar-refractivity contribution in [2.45, 2.75) is 70.9 Å². The van der Waals surface area contributed by atoms with Gasteiger partial charge in [0.25, 0.3) is 0 Å². The van der Waals surface area contributed by atoms with Gasteiger partial charge in [0.05, 0.1) is 6.10 Å². The molecule has 0 aliphatic carbocycles. The topological polar surface area (TPSA) is 41.6 Å². The van der Waals surface area contributed by atoms with Crippen molar-refractivity contribution in [3.05, 3.63) is 29.8 Å². The van der Waals surface area contributed by atoms with Crippen molar-refractivity contribution < 1.29 is 9.53 Å². The first-order chi connectivity index (χ1) is 12.6. The van der Waals surface area contributed by atoms with Gasteiger partial charge in [-0.1, -0.05) is 18.6 Å². The van der Waals surface area contributed by atoms with Crippen LogP contribution in [0.2, 0.25) is 0 Å². The molecule has 0 radical (unpaired) electrons. The van der Waals surface area contributed by atoms with Crippen LogP contribution in [0.3, 0.4) is 0 Å². The summed E-state index contributed by atoms with van der Waals surface area (Å²) in [5.74, 6) is 1.71. The first kappa shape index (κ1) is 19.2. The molecule has 2 atom stereocenters. The molecule has 2 aliphatic heterocycles. The van der Waals surface area contributed by atoms with Gasteiger partial charge in [-0.2, -0.15) is 0 Å². The average Bonchev–Trinajstić information content (AvgIpc) is 2.65. The lowest BCUT2D eigenvalue weighted by Gasteiger charge is -2.44. The number of nitrogens with one attached hydrogen (secondary N) is 1. The molecule has 0 unspecified atom stereocenters. The number of hydrogen-bond acceptors (Lipinski definition) is 3. The van der Waals surface area contributed by atoms with E-state index < -0.39 is 0 Å². The maximum Gasteiger partial charge on any atom is 0.220 e. The van der Waals surface area contributed by atoms with Crippen LogP contribution in [-0.2, 0) is 11.2 Å². The molecular weight excluding hydrogens is 324 g/mol. The fourth-order valence-electron chi connectivity index (χ4n) is 4.41. The molecule has 2 aliphatic rings. The number of benzene rings is 1. The highest BCUT2D eigenvalue weighted by atomic mass is 16.5. The van der Waals surface area contributed by atoms with Crippen LogP contribution in [0.25, 0.3) is 0 Å². The predicted octanol–water partition coefficient (Wildman–Crippen LogP) is 3.79. The van der Waals surface area contributed by atoms with Crippen LogP contribution >= 0.6 is 0 Å². The first-order valence-corrected chi connectivity index (χ1v) is 10.4. The Morgan fingerprint density at radius 1 is 1.15 bits per heavy atom. The van der Waals surface area contributed by atoms with Crippen molar-refractivity contribution in [1.82, 2.24) is 10.2 Å². The molecule has 1 aromatic rings. The van der Waals surface area contributed by atoms with Gasteiger partial charge in [0.2, 0.25) is 5.91 Å². The summed E-state index contributed by atoms with van der Waals surface area (Å²) in [5.41, 5.74) is 1.19. The molecule has 2 saturated heterocycles. The lowest BCUT2D eigenvalue weighted by Crippen LogP contribution is -2.51. The van der Waals surface area contributed by atoms with Crippen molar-refractivity contribution in [2.75, 3.05) is 19.6 Å². The van der Waals surface area contributed by atoms with Gasteiger partial charge in [0, 0.05) is 19.0 Å². The number of amides is 1. The Kier molecular flexibility index (Phi) is 6.95. The van der Waals surface area contributed by atoms with Crippen LogP contribution in [0.1, 0.15) is 57.9 Å². The average molecular weight is 359 g/mol. The summed E-state index contributed by atoms with van der Waals surface area (Å²) in [6, 6.07) is 8.81. The molecule has 4 heteroatoms. The zero-order valence-corrected chi connectivity index (χ0v) is 16.4. The number of carbonyl (C=O) groups excluding carboxylic acids is 1. The highest BCUT2D eigenvalue weighted by molar-refractivity contribution is 5.76. The first-order valence-electron chi connectivity index (χ1n) is 10.4. The van der Waals surface area contributed by atoms with Gasteiger partial charge in [0.15, 0.2) is 0 Å². The minimum absolute atomic E-state index is 0.181. The van der Waals surface area contributed by atoms with Crippen molar-refractivity contribution in [2.24, 2.45) is 5.92 Å². The molecule has 1 N–H and O–H groups in total. The van der Waals surface area contributed by atoms with Crippen molar-refractivity contribution >= 4 is 5.91 Å². The third-order valence-corrected chi connectivity index (χ3v) is 5.73. The summed E-state index contributed by atoms with van der Waals surface area (Å²) in [7, 11) is 0. The largest absolute Gasteiger partial charge is 0.491 e. The molecular formula is C22H34N2O2. The van der Waals surface area contributed by atoms with Gasteiger partial charge in [-0.15, -0.1) is 0 Å². The fraction of sp³-hybridized carbons (Fsp3) is 0.682. The molecule has 3 rings (SSSR count). The number of fused-ring (bicyclic) bond motifs is 1. The van der Waals surface area contributed by atoms with E-state index in [9.17, 15) is 4.79 Å². The molecule has 26 heavy (non-hydrogen) atoms. The maximum absolute atomic E-state index is 12.3. The number of rotatable bonds is 7. The number of aryl methyl sites for hydroxylation is 1. The SMILES string of the molecule is CC(C)Oc1ccc(CCC(=O)NC[C@@H]2CCCN3CCCC[C@H]23)cc1. The molecule has 0 bridgehead atoms. The van der Waals surface area contributed by atoms with E-state index in [0.29, 0.717) is 18.4 Å². The minimum atomic E-state index is 0.181. The Morgan fingerprint density at radius 2 is 1.92 bits per heavy atom. The van der Waals surface area contributed by atoms with E-state index in [0.717, 1.165) is 18.7 Å². The summed E-state index contributed by atoms with van der Waals surface area (Å²) in [6.07, 6.45) is 8.08. The second kappa shape index (κ2) is 9.40. The molecule has 0 aromatic heterocycles. The van der Waals surface area contributed by atoms with Gasteiger partial charge < -0.3 is 15.0 Å². The zero-order chi connectivity index (χ0) is 18.4. The van der Waals surface area contributed by atoms with Crippen molar-refractivity contribution in [3.63, 3.8) is 0 Å². The van der Waals surface area contributed by atoms with Crippen LogP contribution in [0.5, 0.6) is 5.75 Å². The van der Waals surface area contributed by atoms with E-state index in [-0.39, 0.29) is 12.0 Å². The van der Waals surface area contributed by atoms with Crippen LogP contribution in [-0.4, -0.2) is 42.6 Å².